The Balaban J connectivity index is 3.21. The molecule has 4 unspecified atom stereocenters. The van der Waals surface area contributed by atoms with Gasteiger partial charge in [-0.2, -0.15) is 0 Å². The number of rotatable bonds is 35. The van der Waals surface area contributed by atoms with E-state index in [0.29, 0.717) is 62.4 Å². The van der Waals surface area contributed by atoms with Gasteiger partial charge in [-0.1, -0.05) is 70.7 Å². The average molecular weight is 982 g/mol. The Hall–Kier alpha value is -3.75. The number of carbonyl (C=O) groups excluding carboxylic acids is 1. The number of allylic oxidation sites excluding steroid dienone is 8. The van der Waals surface area contributed by atoms with Crippen LogP contribution in [-0.4, -0.2) is 129 Å². The monoisotopic (exact) mass is 982 g/mol. The molecule has 0 saturated heterocycles. The van der Waals surface area contributed by atoms with Gasteiger partial charge in [-0.3, -0.25) is 0 Å². The van der Waals surface area contributed by atoms with Crippen molar-refractivity contribution < 1.29 is 43.4 Å². The second kappa shape index (κ2) is 29.7. The van der Waals surface area contributed by atoms with E-state index in [4.69, 9.17) is 28.4 Å². The first-order valence-electron chi connectivity index (χ1n) is 25.2. The second-order valence-electron chi connectivity index (χ2n) is 22.7. The van der Waals surface area contributed by atoms with Crippen LogP contribution < -0.4 is 5.32 Å². The Morgan fingerprint density at radius 2 is 1.43 bits per heavy atom. The normalized spacial score (nSPS) is 17.0. The summed E-state index contributed by atoms with van der Waals surface area (Å²) in [5.74, 6) is -0.347. The van der Waals surface area contributed by atoms with E-state index in [-0.39, 0.29) is 22.9 Å². The predicted octanol–water partition coefficient (Wildman–Crippen LogP) is 11.3. The first-order chi connectivity index (χ1) is 32.4. The zero-order valence-corrected chi connectivity index (χ0v) is 47.1. The first kappa shape index (κ1) is 64.3. The SMILES string of the molecule is C=C/C(=C\C=C\NC)C(O)OC(C)(C)CCOC(C)(C)CC(CC)(CC(C)OCCC(C)(C)OC(O)/C(C)=C/C=C(\C=C)N(C)C)CC(C)(C)COCCC(C)(C)OC(=O)C1=CC=C(N(C)C)CC=C1. The van der Waals surface area contributed by atoms with Gasteiger partial charge in [0.2, 0.25) is 0 Å². The van der Waals surface area contributed by atoms with Gasteiger partial charge in [0, 0.05) is 71.7 Å². The molecule has 1 aliphatic carbocycles. The fourth-order valence-corrected chi connectivity index (χ4v) is 8.57. The summed E-state index contributed by atoms with van der Waals surface area (Å²) in [5.41, 5.74) is 0.819. The third-order valence-electron chi connectivity index (χ3n) is 12.6. The quantitative estimate of drug-likeness (QED) is 0.0242. The Kier molecular flexibility index (Phi) is 27.3. The van der Waals surface area contributed by atoms with E-state index in [9.17, 15) is 15.0 Å². The molecular formula is C58H99N3O9. The summed E-state index contributed by atoms with van der Waals surface area (Å²) < 4.78 is 38.0. The van der Waals surface area contributed by atoms with Gasteiger partial charge in [0.1, 0.15) is 5.60 Å². The lowest BCUT2D eigenvalue weighted by Gasteiger charge is -2.45. The maximum atomic E-state index is 13.2. The Morgan fingerprint density at radius 3 is 2.00 bits per heavy atom. The van der Waals surface area contributed by atoms with E-state index in [1.54, 1.807) is 30.5 Å². The van der Waals surface area contributed by atoms with Crippen molar-refractivity contribution in [3.63, 3.8) is 0 Å². The molecule has 0 radical (unpaired) electrons. The molecule has 4 atom stereocenters. The van der Waals surface area contributed by atoms with E-state index >= 15 is 0 Å². The molecule has 0 spiro atoms. The molecule has 70 heavy (non-hydrogen) atoms. The highest BCUT2D eigenvalue weighted by molar-refractivity contribution is 5.92. The van der Waals surface area contributed by atoms with Gasteiger partial charge in [0.05, 0.1) is 48.3 Å². The minimum absolute atomic E-state index is 0.0916. The zero-order chi connectivity index (χ0) is 53.6. The molecule has 0 saturated carbocycles. The molecule has 0 amide bonds. The zero-order valence-electron chi connectivity index (χ0n) is 47.1. The standard InChI is InChI=1S/C58H99N3O9/c1-21-46(27-25-36-59-16)51(63)69-56(12,13)35-39-67-57(14,15)42-58(23-3,40-45(5)66-38-34-55(10,11)68-50(62)44(4)29-31-48(22-2)60(17)18)41-53(6,7)43-65-37-33-54(8,9)70-52(64)47-26-24-28-49(32-30-47)61(19)20/h21-22,24-27,29-32,36,45,50-51,59,62-63H,1-2,23,28,33-35,37-43H2,3-20H3/b36-25+,44-29+,46-27+,48-31+. The number of ether oxygens (including phenoxy) is 6. The number of likely N-dealkylation sites (N-methyl/N-ethyl adjacent to an activating group) is 1. The van der Waals surface area contributed by atoms with Crippen LogP contribution in [0, 0.1) is 10.8 Å². The molecule has 0 aliphatic heterocycles. The second-order valence-corrected chi connectivity index (χ2v) is 22.7. The fraction of sp³-hybridized carbons (Fsp3) is 0.672. The van der Waals surface area contributed by atoms with E-state index in [2.05, 4.69) is 60.0 Å². The topological polar surface area (TPSA) is 131 Å². The molecule has 0 aromatic heterocycles. The fourth-order valence-electron chi connectivity index (χ4n) is 8.57. The third kappa shape index (κ3) is 25.6. The van der Waals surface area contributed by atoms with Crippen LogP contribution in [0.2, 0.25) is 0 Å². The predicted molar refractivity (Wildman–Crippen MR) is 289 cm³/mol. The molecule has 0 aromatic carbocycles. The van der Waals surface area contributed by atoms with Crippen LogP contribution in [0.15, 0.2) is 108 Å². The average Bonchev–Trinajstić information content (AvgIpc) is 3.50. The van der Waals surface area contributed by atoms with E-state index in [1.807, 2.05) is 130 Å². The summed E-state index contributed by atoms with van der Waals surface area (Å²) in [5, 5.41) is 24.8. The molecule has 1 rings (SSSR count). The van der Waals surface area contributed by atoms with Gasteiger partial charge < -0.3 is 53.8 Å². The minimum atomic E-state index is -1.14. The third-order valence-corrected chi connectivity index (χ3v) is 12.6. The van der Waals surface area contributed by atoms with Crippen LogP contribution >= 0.6 is 0 Å². The van der Waals surface area contributed by atoms with Crippen molar-refractivity contribution in [3.05, 3.63) is 108 Å². The molecule has 0 aromatic rings. The van der Waals surface area contributed by atoms with Gasteiger partial charge in [-0.15, -0.1) is 0 Å². The van der Waals surface area contributed by atoms with Gasteiger partial charge in [0.15, 0.2) is 12.6 Å². The highest BCUT2D eigenvalue weighted by atomic mass is 16.6. The van der Waals surface area contributed by atoms with Crippen molar-refractivity contribution in [1.29, 1.82) is 0 Å². The van der Waals surface area contributed by atoms with Crippen LogP contribution in [0.5, 0.6) is 0 Å². The van der Waals surface area contributed by atoms with Gasteiger partial charge in [-0.05, 0) is 154 Å². The Morgan fingerprint density at radius 1 is 0.814 bits per heavy atom. The number of carbonyl (C=O) groups is 1. The summed E-state index contributed by atoms with van der Waals surface area (Å²) in [4.78, 5) is 17.2. The number of esters is 1. The first-order valence-corrected chi connectivity index (χ1v) is 25.2. The smallest absolute Gasteiger partial charge is 0.338 e. The highest BCUT2D eigenvalue weighted by Gasteiger charge is 2.42. The molecule has 3 N–H and O–H groups in total. The van der Waals surface area contributed by atoms with Crippen molar-refractivity contribution in [2.24, 2.45) is 10.8 Å². The van der Waals surface area contributed by atoms with Crippen LogP contribution in [0.1, 0.15) is 141 Å². The van der Waals surface area contributed by atoms with Crippen molar-refractivity contribution in [2.45, 2.75) is 182 Å². The molecule has 0 fully saturated rings. The van der Waals surface area contributed by atoms with Crippen LogP contribution in [0.3, 0.4) is 0 Å². The summed E-state index contributed by atoms with van der Waals surface area (Å²) in [6.07, 6.45) is 23.5. The van der Waals surface area contributed by atoms with Gasteiger partial charge in [-0.25, -0.2) is 4.79 Å². The van der Waals surface area contributed by atoms with Gasteiger partial charge in [0.25, 0.3) is 0 Å². The molecule has 400 valence electrons. The van der Waals surface area contributed by atoms with Crippen LogP contribution in [0.4, 0.5) is 0 Å². The van der Waals surface area contributed by atoms with E-state index in [0.717, 1.165) is 43.5 Å². The number of hydrogen-bond acceptors (Lipinski definition) is 12. The van der Waals surface area contributed by atoms with Crippen molar-refractivity contribution in [1.82, 2.24) is 15.1 Å². The van der Waals surface area contributed by atoms with Gasteiger partial charge >= 0.3 is 5.97 Å². The lowest BCUT2D eigenvalue weighted by Crippen LogP contribution is -2.41. The maximum Gasteiger partial charge on any atom is 0.338 e. The van der Waals surface area contributed by atoms with Crippen LogP contribution in [-0.2, 0) is 33.2 Å². The summed E-state index contributed by atoms with van der Waals surface area (Å²) in [6.45, 7) is 36.3. The summed E-state index contributed by atoms with van der Waals surface area (Å²) >= 11 is 0. The number of aliphatic hydroxyl groups is 2. The number of hydrogen-bond donors (Lipinski definition) is 3. The Labute approximate surface area is 426 Å². The number of nitrogens with one attached hydrogen (secondary N) is 1. The van der Waals surface area contributed by atoms with Crippen molar-refractivity contribution >= 4 is 5.97 Å². The van der Waals surface area contributed by atoms with E-state index in [1.165, 1.54) is 0 Å². The molecule has 12 heteroatoms. The van der Waals surface area contributed by atoms with Crippen molar-refractivity contribution in [2.75, 3.05) is 61.7 Å². The molecule has 0 heterocycles. The lowest BCUT2D eigenvalue weighted by molar-refractivity contribution is -0.164. The Bertz CT molecular complexity index is 1850. The number of aliphatic hydroxyl groups excluding tert-OH is 2. The highest BCUT2D eigenvalue weighted by Crippen LogP contribution is 2.47. The van der Waals surface area contributed by atoms with E-state index < -0.39 is 35.0 Å². The molecular weight excluding hydrogens is 883 g/mol. The largest absolute Gasteiger partial charge is 0.456 e. The number of nitrogens with zero attached hydrogens (tertiary/aromatic N) is 2. The lowest BCUT2D eigenvalue weighted by atomic mass is 9.64. The molecule has 12 nitrogen and oxygen atoms in total. The maximum absolute atomic E-state index is 13.2. The van der Waals surface area contributed by atoms with Crippen LogP contribution in [0.25, 0.3) is 0 Å². The molecule has 0 bridgehead atoms. The summed E-state index contributed by atoms with van der Waals surface area (Å²) in [7, 11) is 9.69. The molecule has 1 aliphatic rings. The minimum Gasteiger partial charge on any atom is -0.456 e. The summed E-state index contributed by atoms with van der Waals surface area (Å²) in [6, 6.07) is 0. The van der Waals surface area contributed by atoms with Crippen molar-refractivity contribution in [3.8, 4) is 0 Å².